The number of hydrogen-bond donors (Lipinski definition) is 1. The van der Waals surface area contributed by atoms with Gasteiger partial charge < -0.3 is 10.2 Å². The van der Waals surface area contributed by atoms with Crippen LogP contribution in [0.2, 0.25) is 0 Å². The molecule has 1 aromatic carbocycles. The van der Waals surface area contributed by atoms with E-state index in [-0.39, 0.29) is 5.41 Å². The second-order valence-electron chi connectivity index (χ2n) is 5.22. The number of nitrogens with zero attached hydrogens (tertiary/aromatic N) is 2. The number of anilines is 2. The van der Waals surface area contributed by atoms with E-state index in [0.29, 0.717) is 5.56 Å². The van der Waals surface area contributed by atoms with Gasteiger partial charge in [-0.1, -0.05) is 13.8 Å². The summed E-state index contributed by atoms with van der Waals surface area (Å²) in [5, 5.41) is 12.4. The third kappa shape index (κ3) is 1.96. The van der Waals surface area contributed by atoms with Crippen LogP contribution in [0.3, 0.4) is 0 Å². The largest absolute Gasteiger partial charge is 0.383 e. The van der Waals surface area contributed by atoms with Gasteiger partial charge in [-0.15, -0.1) is 0 Å². The molecule has 16 heavy (non-hydrogen) atoms. The monoisotopic (exact) mass is 215 g/mol. The van der Waals surface area contributed by atoms with Gasteiger partial charge in [-0.2, -0.15) is 5.26 Å². The molecule has 0 radical (unpaired) electrons. The summed E-state index contributed by atoms with van der Waals surface area (Å²) >= 11 is 0. The second kappa shape index (κ2) is 3.71. The lowest BCUT2D eigenvalue weighted by molar-refractivity contribution is 0.403. The molecule has 3 heteroatoms. The van der Waals surface area contributed by atoms with Gasteiger partial charge in [0.15, 0.2) is 0 Å². The first kappa shape index (κ1) is 10.8. The molecule has 0 saturated heterocycles. The molecule has 0 saturated carbocycles. The minimum Gasteiger partial charge on any atom is -0.383 e. The molecule has 3 nitrogen and oxygen atoms in total. The van der Waals surface area contributed by atoms with E-state index in [1.54, 1.807) is 0 Å². The molecule has 0 aliphatic carbocycles. The van der Waals surface area contributed by atoms with Crippen LogP contribution >= 0.6 is 0 Å². The summed E-state index contributed by atoms with van der Waals surface area (Å²) in [6, 6.07) is 7.98. The molecule has 0 amide bonds. The molecule has 0 bridgehead atoms. The second-order valence-corrected chi connectivity index (χ2v) is 5.22. The van der Waals surface area contributed by atoms with Gasteiger partial charge in [0.2, 0.25) is 0 Å². The van der Waals surface area contributed by atoms with Crippen molar-refractivity contribution in [1.29, 1.82) is 5.26 Å². The molecule has 1 N–H and O–H groups in total. The van der Waals surface area contributed by atoms with Crippen molar-refractivity contribution >= 4 is 11.4 Å². The van der Waals surface area contributed by atoms with Crippen LogP contribution in [0.1, 0.15) is 19.4 Å². The van der Waals surface area contributed by atoms with Gasteiger partial charge in [0.05, 0.1) is 23.0 Å². The van der Waals surface area contributed by atoms with E-state index in [9.17, 15) is 0 Å². The third-order valence-corrected chi connectivity index (χ3v) is 2.96. The van der Waals surface area contributed by atoms with Gasteiger partial charge in [0, 0.05) is 20.1 Å². The Kier molecular flexibility index (Phi) is 2.51. The molecule has 1 aliphatic heterocycles. The predicted molar refractivity (Wildman–Crippen MR) is 66.7 cm³/mol. The van der Waals surface area contributed by atoms with Crippen molar-refractivity contribution in [2.75, 3.05) is 30.4 Å². The number of nitriles is 1. The van der Waals surface area contributed by atoms with Gasteiger partial charge in [0.1, 0.15) is 0 Å². The van der Waals surface area contributed by atoms with Crippen molar-refractivity contribution in [3.8, 4) is 6.07 Å². The van der Waals surface area contributed by atoms with Crippen LogP contribution in [0.25, 0.3) is 0 Å². The molecular weight excluding hydrogens is 198 g/mol. The molecule has 0 fully saturated rings. The highest BCUT2D eigenvalue weighted by Gasteiger charge is 2.25. The quantitative estimate of drug-likeness (QED) is 0.722. The van der Waals surface area contributed by atoms with Crippen LogP contribution in [0.4, 0.5) is 11.4 Å². The predicted octanol–water partition coefficient (Wildman–Crippen LogP) is 2.45. The van der Waals surface area contributed by atoms with Crippen LogP contribution in [0.15, 0.2) is 18.2 Å². The van der Waals surface area contributed by atoms with Crippen molar-refractivity contribution in [1.82, 2.24) is 0 Å². The summed E-state index contributed by atoms with van der Waals surface area (Å²) in [5.74, 6) is 0. The molecule has 0 spiro atoms. The fourth-order valence-corrected chi connectivity index (χ4v) is 2.18. The summed E-state index contributed by atoms with van der Waals surface area (Å²) in [5.41, 5.74) is 3.18. The summed E-state index contributed by atoms with van der Waals surface area (Å²) in [7, 11) is 2.08. The highest BCUT2D eigenvalue weighted by Crippen LogP contribution is 2.33. The third-order valence-electron chi connectivity index (χ3n) is 2.96. The Morgan fingerprint density at radius 2 is 2.19 bits per heavy atom. The SMILES string of the molecule is CN1CC(C)(C)CNc2ccc(C#N)cc21. The average Bonchev–Trinajstić information content (AvgIpc) is 2.35. The zero-order chi connectivity index (χ0) is 11.8. The number of rotatable bonds is 0. The van der Waals surface area contributed by atoms with E-state index >= 15 is 0 Å². The maximum absolute atomic E-state index is 8.91. The molecule has 1 aromatic rings. The zero-order valence-electron chi connectivity index (χ0n) is 10.0. The van der Waals surface area contributed by atoms with E-state index in [1.807, 2.05) is 18.2 Å². The number of hydrogen-bond acceptors (Lipinski definition) is 3. The maximum atomic E-state index is 8.91. The van der Waals surface area contributed by atoms with Crippen LogP contribution in [-0.4, -0.2) is 20.1 Å². The van der Waals surface area contributed by atoms with Gasteiger partial charge >= 0.3 is 0 Å². The van der Waals surface area contributed by atoms with Gasteiger partial charge in [-0.05, 0) is 23.6 Å². The first-order valence-electron chi connectivity index (χ1n) is 5.51. The smallest absolute Gasteiger partial charge is 0.0992 e. The van der Waals surface area contributed by atoms with Crippen LogP contribution < -0.4 is 10.2 Å². The normalized spacial score (nSPS) is 18.0. The summed E-state index contributed by atoms with van der Waals surface area (Å²) < 4.78 is 0. The first-order chi connectivity index (χ1) is 7.52. The standard InChI is InChI=1S/C13H17N3/c1-13(2)8-15-11-5-4-10(7-14)6-12(11)16(3)9-13/h4-6,15H,8-9H2,1-3H3. The summed E-state index contributed by atoms with van der Waals surface area (Å²) in [6.07, 6.45) is 0. The lowest BCUT2D eigenvalue weighted by atomic mass is 9.93. The maximum Gasteiger partial charge on any atom is 0.0992 e. The topological polar surface area (TPSA) is 39.1 Å². The Balaban J connectivity index is 2.42. The highest BCUT2D eigenvalue weighted by molar-refractivity contribution is 5.72. The van der Waals surface area contributed by atoms with Gasteiger partial charge in [-0.3, -0.25) is 0 Å². The lowest BCUT2D eigenvalue weighted by Crippen LogP contribution is -2.33. The van der Waals surface area contributed by atoms with E-state index in [2.05, 4.69) is 37.2 Å². The Morgan fingerprint density at radius 3 is 2.88 bits per heavy atom. The molecule has 2 rings (SSSR count). The Hall–Kier alpha value is -1.69. The van der Waals surface area contributed by atoms with E-state index in [4.69, 9.17) is 5.26 Å². The van der Waals surface area contributed by atoms with Crippen molar-refractivity contribution in [3.63, 3.8) is 0 Å². The fraction of sp³-hybridized carbons (Fsp3) is 0.462. The highest BCUT2D eigenvalue weighted by atomic mass is 15.1. The minimum absolute atomic E-state index is 0.237. The molecule has 84 valence electrons. The summed E-state index contributed by atoms with van der Waals surface area (Å²) in [4.78, 5) is 2.22. The number of fused-ring (bicyclic) bond motifs is 1. The number of nitrogens with one attached hydrogen (secondary N) is 1. The van der Waals surface area contributed by atoms with Crippen molar-refractivity contribution < 1.29 is 0 Å². The first-order valence-corrected chi connectivity index (χ1v) is 5.51. The molecule has 1 aliphatic rings. The van der Waals surface area contributed by atoms with Crippen molar-refractivity contribution in [2.45, 2.75) is 13.8 Å². The van der Waals surface area contributed by atoms with Crippen LogP contribution in [-0.2, 0) is 0 Å². The molecule has 0 unspecified atom stereocenters. The molecule has 1 heterocycles. The number of benzene rings is 1. The average molecular weight is 215 g/mol. The van der Waals surface area contributed by atoms with Crippen LogP contribution in [0.5, 0.6) is 0 Å². The van der Waals surface area contributed by atoms with Gasteiger partial charge in [0.25, 0.3) is 0 Å². The molecule has 0 atom stereocenters. The lowest BCUT2D eigenvalue weighted by Gasteiger charge is -2.27. The molecule has 0 aromatic heterocycles. The van der Waals surface area contributed by atoms with E-state index in [0.717, 1.165) is 24.5 Å². The summed E-state index contributed by atoms with van der Waals surface area (Å²) in [6.45, 7) is 6.43. The van der Waals surface area contributed by atoms with E-state index in [1.165, 1.54) is 0 Å². The zero-order valence-corrected chi connectivity index (χ0v) is 10.0. The molecular formula is C13H17N3. The fourth-order valence-electron chi connectivity index (χ4n) is 2.18. The van der Waals surface area contributed by atoms with Gasteiger partial charge in [-0.25, -0.2) is 0 Å². The van der Waals surface area contributed by atoms with Crippen molar-refractivity contribution in [2.24, 2.45) is 5.41 Å². The van der Waals surface area contributed by atoms with Crippen LogP contribution in [0, 0.1) is 16.7 Å². The Morgan fingerprint density at radius 1 is 1.44 bits per heavy atom. The van der Waals surface area contributed by atoms with E-state index < -0.39 is 0 Å². The Bertz CT molecular complexity index is 443. The minimum atomic E-state index is 0.237. The van der Waals surface area contributed by atoms with Crippen molar-refractivity contribution in [3.05, 3.63) is 23.8 Å². The Labute approximate surface area is 96.7 Å².